The molecule has 132 valence electrons. The third-order valence-electron chi connectivity index (χ3n) is 3.69. The Hall–Kier alpha value is -2.31. The molecule has 0 aliphatic heterocycles. The van der Waals surface area contributed by atoms with Crippen molar-refractivity contribution in [1.29, 1.82) is 0 Å². The fraction of sp³-hybridized carbons (Fsp3) is 0.263. The van der Waals surface area contributed by atoms with Gasteiger partial charge in [-0.1, -0.05) is 42.5 Å². The van der Waals surface area contributed by atoms with Crippen LogP contribution in [0, 0.1) is 0 Å². The maximum atomic E-state index is 12.5. The maximum Gasteiger partial charge on any atom is 0.316 e. The zero-order valence-electron chi connectivity index (χ0n) is 14.1. The molecule has 2 aromatic rings. The SMILES string of the molecule is COC(CNC(=O)c1ccccc1SC(C)C(=O)O)c1ccccc1. The summed E-state index contributed by atoms with van der Waals surface area (Å²) < 4.78 is 5.45. The van der Waals surface area contributed by atoms with E-state index in [2.05, 4.69) is 5.32 Å². The van der Waals surface area contributed by atoms with Crippen molar-refractivity contribution in [3.8, 4) is 0 Å². The number of amides is 1. The van der Waals surface area contributed by atoms with Crippen molar-refractivity contribution < 1.29 is 19.4 Å². The van der Waals surface area contributed by atoms with Crippen LogP contribution in [-0.2, 0) is 9.53 Å². The van der Waals surface area contributed by atoms with E-state index in [1.54, 1.807) is 38.3 Å². The van der Waals surface area contributed by atoms with E-state index in [4.69, 9.17) is 9.84 Å². The molecule has 6 heteroatoms. The minimum atomic E-state index is -0.913. The van der Waals surface area contributed by atoms with E-state index in [9.17, 15) is 9.59 Å². The first-order valence-electron chi connectivity index (χ1n) is 7.87. The van der Waals surface area contributed by atoms with Crippen LogP contribution in [0.15, 0.2) is 59.5 Å². The Morgan fingerprint density at radius 1 is 1.12 bits per heavy atom. The molecule has 2 unspecified atom stereocenters. The number of benzene rings is 2. The van der Waals surface area contributed by atoms with Gasteiger partial charge >= 0.3 is 5.97 Å². The molecule has 2 aromatic carbocycles. The van der Waals surface area contributed by atoms with Crippen LogP contribution in [0.4, 0.5) is 0 Å². The molecule has 0 spiro atoms. The van der Waals surface area contributed by atoms with E-state index >= 15 is 0 Å². The summed E-state index contributed by atoms with van der Waals surface area (Å²) in [6.45, 7) is 1.92. The zero-order valence-corrected chi connectivity index (χ0v) is 15.0. The molecule has 1 amide bonds. The predicted molar refractivity (Wildman–Crippen MR) is 97.9 cm³/mol. The van der Waals surface area contributed by atoms with Gasteiger partial charge in [-0.25, -0.2) is 0 Å². The molecular weight excluding hydrogens is 338 g/mol. The predicted octanol–water partition coefficient (Wildman–Crippen LogP) is 3.37. The van der Waals surface area contributed by atoms with Crippen molar-refractivity contribution in [3.63, 3.8) is 0 Å². The number of hydrogen-bond donors (Lipinski definition) is 2. The van der Waals surface area contributed by atoms with Crippen LogP contribution in [0.25, 0.3) is 0 Å². The highest BCUT2D eigenvalue weighted by Gasteiger charge is 2.19. The first-order valence-corrected chi connectivity index (χ1v) is 8.75. The number of carboxylic acids is 1. The number of rotatable bonds is 8. The van der Waals surface area contributed by atoms with E-state index in [0.29, 0.717) is 17.0 Å². The van der Waals surface area contributed by atoms with Gasteiger partial charge in [-0.2, -0.15) is 0 Å². The summed E-state index contributed by atoms with van der Waals surface area (Å²) in [6.07, 6.45) is -0.247. The molecular formula is C19H21NO4S. The lowest BCUT2D eigenvalue weighted by molar-refractivity contribution is -0.136. The van der Waals surface area contributed by atoms with Gasteiger partial charge in [0.25, 0.3) is 5.91 Å². The van der Waals surface area contributed by atoms with Crippen molar-refractivity contribution >= 4 is 23.6 Å². The number of hydrogen-bond acceptors (Lipinski definition) is 4. The van der Waals surface area contributed by atoms with Gasteiger partial charge in [-0.3, -0.25) is 9.59 Å². The normalized spacial score (nSPS) is 13.0. The monoisotopic (exact) mass is 359 g/mol. The topological polar surface area (TPSA) is 75.6 Å². The second-order valence-corrected chi connectivity index (χ2v) is 6.82. The number of carbonyl (C=O) groups is 2. The number of ether oxygens (including phenoxy) is 1. The molecule has 0 bridgehead atoms. The van der Waals surface area contributed by atoms with Gasteiger partial charge in [0.1, 0.15) is 5.25 Å². The van der Waals surface area contributed by atoms with E-state index in [-0.39, 0.29) is 12.0 Å². The second kappa shape index (κ2) is 9.25. The van der Waals surface area contributed by atoms with Gasteiger partial charge in [0.2, 0.25) is 0 Å². The van der Waals surface area contributed by atoms with Gasteiger partial charge < -0.3 is 15.2 Å². The largest absolute Gasteiger partial charge is 0.480 e. The summed E-state index contributed by atoms with van der Waals surface area (Å²) in [5, 5.41) is 11.3. The molecule has 0 heterocycles. The molecule has 2 rings (SSSR count). The Bertz CT molecular complexity index is 720. The van der Waals surface area contributed by atoms with Crippen LogP contribution in [0.5, 0.6) is 0 Å². The Morgan fingerprint density at radius 3 is 2.40 bits per heavy atom. The fourth-order valence-corrected chi connectivity index (χ4v) is 3.21. The Labute approximate surface area is 151 Å². The van der Waals surface area contributed by atoms with Crippen LogP contribution in [-0.4, -0.2) is 35.9 Å². The third kappa shape index (κ3) is 5.34. The van der Waals surface area contributed by atoms with Crippen molar-refractivity contribution in [2.24, 2.45) is 0 Å². The maximum absolute atomic E-state index is 12.5. The number of carbonyl (C=O) groups excluding carboxylic acids is 1. The minimum Gasteiger partial charge on any atom is -0.480 e. The smallest absolute Gasteiger partial charge is 0.316 e. The average Bonchev–Trinajstić information content (AvgIpc) is 2.63. The fourth-order valence-electron chi connectivity index (χ4n) is 2.28. The first kappa shape index (κ1) is 19.0. The average molecular weight is 359 g/mol. The van der Waals surface area contributed by atoms with E-state index in [0.717, 1.165) is 17.3 Å². The lowest BCUT2D eigenvalue weighted by Gasteiger charge is -2.17. The highest BCUT2D eigenvalue weighted by molar-refractivity contribution is 8.00. The highest BCUT2D eigenvalue weighted by atomic mass is 32.2. The third-order valence-corrected chi connectivity index (χ3v) is 4.85. The van der Waals surface area contributed by atoms with E-state index in [1.807, 2.05) is 30.3 Å². The quantitative estimate of drug-likeness (QED) is 0.707. The van der Waals surface area contributed by atoms with Gasteiger partial charge in [0.05, 0.1) is 11.7 Å². The van der Waals surface area contributed by atoms with Crippen molar-refractivity contribution in [2.45, 2.75) is 23.2 Å². The van der Waals surface area contributed by atoms with Gasteiger partial charge in [-0.15, -0.1) is 11.8 Å². The lowest BCUT2D eigenvalue weighted by Crippen LogP contribution is -2.29. The van der Waals surface area contributed by atoms with Crippen LogP contribution in [0.3, 0.4) is 0 Å². The summed E-state index contributed by atoms with van der Waals surface area (Å²) in [6, 6.07) is 16.6. The minimum absolute atomic E-state index is 0.247. The van der Waals surface area contributed by atoms with Crippen molar-refractivity contribution in [2.75, 3.05) is 13.7 Å². The Kier molecular flexibility index (Phi) is 7.03. The first-order chi connectivity index (χ1) is 12.0. The van der Waals surface area contributed by atoms with Crippen LogP contribution in [0.2, 0.25) is 0 Å². The highest BCUT2D eigenvalue weighted by Crippen LogP contribution is 2.27. The molecule has 0 saturated carbocycles. The van der Waals surface area contributed by atoms with Gasteiger partial charge in [0, 0.05) is 18.6 Å². The summed E-state index contributed by atoms with van der Waals surface area (Å²) in [5.41, 5.74) is 1.44. The summed E-state index contributed by atoms with van der Waals surface area (Å²) in [7, 11) is 1.60. The Morgan fingerprint density at radius 2 is 1.76 bits per heavy atom. The number of methoxy groups -OCH3 is 1. The number of aliphatic carboxylic acids is 1. The molecule has 0 aromatic heterocycles. The molecule has 0 aliphatic rings. The molecule has 0 fully saturated rings. The van der Waals surface area contributed by atoms with Crippen LogP contribution >= 0.6 is 11.8 Å². The second-order valence-electron chi connectivity index (χ2n) is 5.44. The van der Waals surface area contributed by atoms with Crippen LogP contribution < -0.4 is 5.32 Å². The zero-order chi connectivity index (χ0) is 18.2. The summed E-state index contributed by atoms with van der Waals surface area (Å²) in [4.78, 5) is 24.2. The number of thioether (sulfide) groups is 1. The van der Waals surface area contributed by atoms with Gasteiger partial charge in [0.15, 0.2) is 0 Å². The number of nitrogens with one attached hydrogen (secondary N) is 1. The van der Waals surface area contributed by atoms with E-state index in [1.165, 1.54) is 0 Å². The summed E-state index contributed by atoms with van der Waals surface area (Å²) >= 11 is 1.15. The molecule has 0 saturated heterocycles. The standard InChI is InChI=1S/C19H21NO4S/c1-13(19(22)23)25-17-11-7-6-10-15(17)18(21)20-12-16(24-2)14-8-4-3-5-9-14/h3-11,13,16H,12H2,1-2H3,(H,20,21)(H,22,23). The molecule has 0 aliphatic carbocycles. The van der Waals surface area contributed by atoms with Crippen LogP contribution in [0.1, 0.15) is 28.9 Å². The summed E-state index contributed by atoms with van der Waals surface area (Å²) in [5.74, 6) is -1.16. The Balaban J connectivity index is 2.07. The molecule has 2 atom stereocenters. The van der Waals surface area contributed by atoms with Crippen molar-refractivity contribution in [1.82, 2.24) is 5.32 Å². The van der Waals surface area contributed by atoms with E-state index < -0.39 is 11.2 Å². The molecule has 2 N–H and O–H groups in total. The number of carboxylic acid groups (broad SMARTS) is 1. The molecule has 0 radical (unpaired) electrons. The van der Waals surface area contributed by atoms with Gasteiger partial charge in [-0.05, 0) is 24.6 Å². The van der Waals surface area contributed by atoms with Crippen molar-refractivity contribution in [3.05, 3.63) is 65.7 Å². The lowest BCUT2D eigenvalue weighted by atomic mass is 10.1. The molecule has 25 heavy (non-hydrogen) atoms. The molecule has 5 nitrogen and oxygen atoms in total.